The first-order valence-corrected chi connectivity index (χ1v) is 7.05. The molecule has 7 nitrogen and oxygen atoms in total. The van der Waals surface area contributed by atoms with E-state index in [4.69, 9.17) is 5.11 Å². The van der Waals surface area contributed by atoms with Gasteiger partial charge in [0, 0.05) is 22.3 Å². The van der Waals surface area contributed by atoms with Gasteiger partial charge in [-0.2, -0.15) is 0 Å². The second kappa shape index (κ2) is 4.95. The largest absolute Gasteiger partial charge is 0.476 e. The number of aromatic carboxylic acids is 1. The minimum Gasteiger partial charge on any atom is -0.476 e. The summed E-state index contributed by atoms with van der Waals surface area (Å²) in [5.74, 6) is -1.66. The van der Waals surface area contributed by atoms with Crippen molar-refractivity contribution in [2.24, 2.45) is 0 Å². The summed E-state index contributed by atoms with van der Waals surface area (Å²) < 4.78 is 1.25. The minimum absolute atomic E-state index is 0.208. The molecule has 7 heteroatoms. The van der Waals surface area contributed by atoms with Crippen molar-refractivity contribution in [1.29, 1.82) is 0 Å². The average molecular weight is 319 g/mol. The van der Waals surface area contributed by atoms with E-state index >= 15 is 0 Å². The Kier molecular flexibility index (Phi) is 2.89. The van der Waals surface area contributed by atoms with E-state index in [1.807, 2.05) is 0 Å². The number of carbonyl (C=O) groups excluding carboxylic acids is 2. The van der Waals surface area contributed by atoms with Crippen LogP contribution in [0.3, 0.4) is 0 Å². The summed E-state index contributed by atoms with van der Waals surface area (Å²) in [6.45, 7) is 0. The lowest BCUT2D eigenvalue weighted by Crippen LogP contribution is -2.21. The number of carboxylic acids is 1. The van der Waals surface area contributed by atoms with Crippen LogP contribution in [0.2, 0.25) is 0 Å². The number of hydrogen-bond donors (Lipinski definition) is 1. The van der Waals surface area contributed by atoms with E-state index in [9.17, 15) is 14.4 Å². The summed E-state index contributed by atoms with van der Waals surface area (Å²) >= 11 is 0. The van der Waals surface area contributed by atoms with E-state index in [1.165, 1.54) is 16.9 Å². The number of carboxylic acid groups (broad SMARTS) is 1. The Balaban J connectivity index is 1.85. The maximum absolute atomic E-state index is 12.7. The fourth-order valence-corrected chi connectivity index (χ4v) is 2.72. The summed E-state index contributed by atoms with van der Waals surface area (Å²) in [5.41, 5.74) is 1.58. The van der Waals surface area contributed by atoms with Gasteiger partial charge in [0.05, 0.1) is 11.9 Å². The van der Waals surface area contributed by atoms with Crippen molar-refractivity contribution >= 4 is 17.5 Å². The second-order valence-corrected chi connectivity index (χ2v) is 5.29. The number of fused-ring (bicyclic) bond motifs is 2. The van der Waals surface area contributed by atoms with Gasteiger partial charge in [-0.1, -0.05) is 29.5 Å². The standard InChI is InChI=1S/C17H9N3O4/c21-15-10-3-1-2-4-11(10)16(22)13-7-9(5-6-12(13)15)20-8-14(17(23)24)18-19-20/h1-8H,(H,23,24). The van der Waals surface area contributed by atoms with E-state index in [-0.39, 0.29) is 22.8 Å². The number of rotatable bonds is 2. The maximum atomic E-state index is 12.7. The van der Waals surface area contributed by atoms with Crippen molar-refractivity contribution in [3.8, 4) is 5.69 Å². The molecule has 0 atom stereocenters. The SMILES string of the molecule is O=C(O)c1cn(-c2ccc3c(c2)C(=O)c2ccccc2C3=O)nn1. The molecule has 1 N–H and O–H groups in total. The molecule has 24 heavy (non-hydrogen) atoms. The van der Waals surface area contributed by atoms with Crippen molar-refractivity contribution in [3.63, 3.8) is 0 Å². The molecule has 1 heterocycles. The molecule has 0 radical (unpaired) electrons. The highest BCUT2D eigenvalue weighted by molar-refractivity contribution is 6.28. The minimum atomic E-state index is -1.20. The summed E-state index contributed by atoms with van der Waals surface area (Å²) in [4.78, 5) is 36.1. The third-order valence-corrected chi connectivity index (χ3v) is 3.89. The highest BCUT2D eigenvalue weighted by Crippen LogP contribution is 2.28. The highest BCUT2D eigenvalue weighted by Gasteiger charge is 2.29. The van der Waals surface area contributed by atoms with Crippen molar-refractivity contribution in [2.45, 2.75) is 0 Å². The van der Waals surface area contributed by atoms with E-state index in [2.05, 4.69) is 10.3 Å². The average Bonchev–Trinajstić information content (AvgIpc) is 3.10. The third kappa shape index (κ3) is 1.95. The lowest BCUT2D eigenvalue weighted by molar-refractivity contribution is 0.0690. The Morgan fingerprint density at radius 2 is 1.54 bits per heavy atom. The number of carbonyl (C=O) groups is 3. The first kappa shape index (κ1) is 14.0. The molecular weight excluding hydrogens is 310 g/mol. The molecule has 1 aromatic heterocycles. The molecule has 1 aliphatic rings. The first-order chi connectivity index (χ1) is 11.6. The van der Waals surface area contributed by atoms with Crippen LogP contribution in [0.4, 0.5) is 0 Å². The normalized spacial score (nSPS) is 12.7. The monoisotopic (exact) mass is 319 g/mol. The van der Waals surface area contributed by atoms with Crippen LogP contribution in [0.1, 0.15) is 42.3 Å². The van der Waals surface area contributed by atoms with Crippen LogP contribution in [-0.2, 0) is 0 Å². The molecule has 0 saturated carbocycles. The molecule has 3 aromatic rings. The quantitative estimate of drug-likeness (QED) is 0.604. The van der Waals surface area contributed by atoms with Crippen LogP contribution in [-0.4, -0.2) is 37.6 Å². The highest BCUT2D eigenvalue weighted by atomic mass is 16.4. The van der Waals surface area contributed by atoms with Gasteiger partial charge in [0.15, 0.2) is 17.3 Å². The Bertz CT molecular complexity index is 1040. The smallest absolute Gasteiger partial charge is 0.358 e. The number of hydrogen-bond acceptors (Lipinski definition) is 5. The Hall–Kier alpha value is -3.61. The second-order valence-electron chi connectivity index (χ2n) is 5.29. The van der Waals surface area contributed by atoms with Crippen LogP contribution in [0.15, 0.2) is 48.7 Å². The molecule has 0 amide bonds. The molecule has 4 rings (SSSR count). The Morgan fingerprint density at radius 3 is 2.17 bits per heavy atom. The number of aromatic nitrogens is 3. The molecule has 0 bridgehead atoms. The zero-order chi connectivity index (χ0) is 16.8. The van der Waals surface area contributed by atoms with Gasteiger partial charge in [-0.25, -0.2) is 9.48 Å². The van der Waals surface area contributed by atoms with E-state index in [1.54, 1.807) is 36.4 Å². The lowest BCUT2D eigenvalue weighted by Gasteiger charge is -2.17. The van der Waals surface area contributed by atoms with Gasteiger partial charge in [-0.15, -0.1) is 5.10 Å². The fraction of sp³-hybridized carbons (Fsp3) is 0. The fourth-order valence-electron chi connectivity index (χ4n) is 2.72. The van der Waals surface area contributed by atoms with Gasteiger partial charge >= 0.3 is 5.97 Å². The topological polar surface area (TPSA) is 102 Å². The predicted molar refractivity (Wildman–Crippen MR) is 81.6 cm³/mol. The van der Waals surface area contributed by atoms with Crippen LogP contribution >= 0.6 is 0 Å². The molecule has 116 valence electrons. The summed E-state index contributed by atoms with van der Waals surface area (Å²) in [6, 6.07) is 11.3. The molecule has 0 spiro atoms. The maximum Gasteiger partial charge on any atom is 0.358 e. The van der Waals surface area contributed by atoms with E-state index in [0.717, 1.165) is 0 Å². The van der Waals surface area contributed by atoms with Crippen molar-refractivity contribution in [3.05, 3.63) is 76.6 Å². The lowest BCUT2D eigenvalue weighted by atomic mass is 9.84. The van der Waals surface area contributed by atoms with Gasteiger partial charge in [0.25, 0.3) is 0 Å². The molecular formula is C17H9N3O4. The van der Waals surface area contributed by atoms with Gasteiger partial charge in [0.2, 0.25) is 0 Å². The molecule has 2 aromatic carbocycles. The summed E-state index contributed by atoms with van der Waals surface area (Å²) in [7, 11) is 0. The van der Waals surface area contributed by atoms with Gasteiger partial charge in [0.1, 0.15) is 0 Å². The zero-order valence-corrected chi connectivity index (χ0v) is 12.1. The van der Waals surface area contributed by atoms with Crippen LogP contribution in [0.5, 0.6) is 0 Å². The van der Waals surface area contributed by atoms with Gasteiger partial charge in [-0.05, 0) is 18.2 Å². The van der Waals surface area contributed by atoms with Crippen LogP contribution in [0.25, 0.3) is 5.69 Å². The molecule has 0 saturated heterocycles. The summed E-state index contributed by atoms with van der Waals surface area (Å²) in [5, 5.41) is 16.2. The van der Waals surface area contributed by atoms with E-state index < -0.39 is 5.97 Å². The molecule has 0 unspecified atom stereocenters. The van der Waals surface area contributed by atoms with E-state index in [0.29, 0.717) is 22.4 Å². The number of ketones is 2. The van der Waals surface area contributed by atoms with Crippen molar-refractivity contribution < 1.29 is 19.5 Å². The first-order valence-electron chi connectivity index (χ1n) is 7.05. The van der Waals surface area contributed by atoms with Gasteiger partial charge in [-0.3, -0.25) is 9.59 Å². The van der Waals surface area contributed by atoms with Crippen LogP contribution < -0.4 is 0 Å². The Labute approximate surface area is 135 Å². The number of benzene rings is 2. The predicted octanol–water partition coefficient (Wildman–Crippen LogP) is 1.74. The number of nitrogens with zero attached hydrogens (tertiary/aromatic N) is 3. The zero-order valence-electron chi connectivity index (χ0n) is 12.1. The summed E-state index contributed by atoms with van der Waals surface area (Å²) in [6.07, 6.45) is 1.24. The third-order valence-electron chi connectivity index (χ3n) is 3.89. The van der Waals surface area contributed by atoms with Crippen molar-refractivity contribution in [1.82, 2.24) is 15.0 Å². The van der Waals surface area contributed by atoms with Gasteiger partial charge < -0.3 is 5.11 Å². The van der Waals surface area contributed by atoms with Crippen LogP contribution in [0, 0.1) is 0 Å². The molecule has 1 aliphatic carbocycles. The Morgan fingerprint density at radius 1 is 0.917 bits per heavy atom. The van der Waals surface area contributed by atoms with Crippen molar-refractivity contribution in [2.75, 3.05) is 0 Å². The molecule has 0 fully saturated rings. The molecule has 0 aliphatic heterocycles.